The van der Waals surface area contributed by atoms with E-state index in [1.54, 1.807) is 13.0 Å². The summed E-state index contributed by atoms with van der Waals surface area (Å²) in [5.74, 6) is -0.915. The number of nitrogens with one attached hydrogen (secondary N) is 1. The molecule has 30 heavy (non-hydrogen) atoms. The maximum Gasteiger partial charge on any atom is 0.308 e. The molecule has 164 valence electrons. The Balaban J connectivity index is 1.45. The van der Waals surface area contributed by atoms with Crippen molar-refractivity contribution in [2.24, 2.45) is 17.8 Å². The van der Waals surface area contributed by atoms with Crippen molar-refractivity contribution >= 4 is 17.8 Å². The highest BCUT2D eigenvalue weighted by atomic mass is 19.1. The summed E-state index contributed by atoms with van der Waals surface area (Å²) < 4.78 is 18.5. The van der Waals surface area contributed by atoms with Gasteiger partial charge in [0, 0.05) is 31.5 Å². The van der Waals surface area contributed by atoms with E-state index in [4.69, 9.17) is 4.74 Å². The van der Waals surface area contributed by atoms with Crippen molar-refractivity contribution in [1.82, 2.24) is 10.2 Å². The number of methoxy groups -OCH3 is 1. The molecule has 2 fully saturated rings. The molecule has 1 N–H and O–H groups in total. The van der Waals surface area contributed by atoms with Gasteiger partial charge in [-0.05, 0) is 56.2 Å². The summed E-state index contributed by atoms with van der Waals surface area (Å²) >= 11 is 0. The molecule has 3 rings (SSSR count). The van der Waals surface area contributed by atoms with Crippen molar-refractivity contribution in [3.05, 3.63) is 35.1 Å². The summed E-state index contributed by atoms with van der Waals surface area (Å²) in [6.45, 7) is 3.10. The van der Waals surface area contributed by atoms with Gasteiger partial charge in [0.1, 0.15) is 5.82 Å². The van der Waals surface area contributed by atoms with Gasteiger partial charge in [0.05, 0.1) is 13.0 Å². The van der Waals surface area contributed by atoms with Gasteiger partial charge in [-0.2, -0.15) is 0 Å². The van der Waals surface area contributed by atoms with Gasteiger partial charge in [-0.1, -0.05) is 18.6 Å². The zero-order valence-corrected chi connectivity index (χ0v) is 17.8. The van der Waals surface area contributed by atoms with E-state index in [0.29, 0.717) is 44.5 Å². The molecule has 0 spiro atoms. The van der Waals surface area contributed by atoms with Gasteiger partial charge in [0.15, 0.2) is 0 Å². The van der Waals surface area contributed by atoms with Crippen LogP contribution >= 0.6 is 0 Å². The van der Waals surface area contributed by atoms with E-state index in [2.05, 4.69) is 5.32 Å². The average molecular weight is 419 g/mol. The number of rotatable bonds is 5. The zero-order chi connectivity index (χ0) is 21.7. The number of amides is 2. The van der Waals surface area contributed by atoms with Crippen LogP contribution < -0.4 is 5.32 Å². The standard InChI is InChI=1S/C23H31FN2O4/c1-15-6-7-16(12-20(15)24)14-25-21(27)17-8-10-26(11-9-17)22(28)18-4-3-5-19(13-18)23(29)30-2/h6-7,12,17-19H,3-5,8-11,13-14H2,1-2H3,(H,25,27)/t18-,19+/m1/s1. The van der Waals surface area contributed by atoms with Crippen LogP contribution in [-0.4, -0.2) is 42.9 Å². The molecule has 1 saturated heterocycles. The van der Waals surface area contributed by atoms with Crippen molar-refractivity contribution in [1.29, 1.82) is 0 Å². The smallest absolute Gasteiger partial charge is 0.308 e. The summed E-state index contributed by atoms with van der Waals surface area (Å²) in [5, 5.41) is 2.89. The number of hydrogen-bond acceptors (Lipinski definition) is 4. The second kappa shape index (κ2) is 10.0. The summed E-state index contributed by atoms with van der Waals surface area (Å²) in [6, 6.07) is 4.96. The first-order valence-corrected chi connectivity index (χ1v) is 10.8. The van der Waals surface area contributed by atoms with E-state index >= 15 is 0 Å². The number of hydrogen-bond donors (Lipinski definition) is 1. The molecule has 2 amide bonds. The molecular formula is C23H31FN2O4. The van der Waals surface area contributed by atoms with Crippen LogP contribution in [0.1, 0.15) is 49.7 Å². The normalized spacial score (nSPS) is 22.4. The molecular weight excluding hydrogens is 387 g/mol. The van der Waals surface area contributed by atoms with Gasteiger partial charge in [-0.3, -0.25) is 14.4 Å². The molecule has 2 atom stereocenters. The highest BCUT2D eigenvalue weighted by Gasteiger charge is 2.35. The lowest BCUT2D eigenvalue weighted by Gasteiger charge is -2.35. The third-order valence-electron chi connectivity index (χ3n) is 6.44. The van der Waals surface area contributed by atoms with Gasteiger partial charge in [0.2, 0.25) is 11.8 Å². The van der Waals surface area contributed by atoms with Gasteiger partial charge in [-0.15, -0.1) is 0 Å². The van der Waals surface area contributed by atoms with Crippen molar-refractivity contribution in [3.63, 3.8) is 0 Å². The number of ether oxygens (including phenoxy) is 1. The molecule has 1 heterocycles. The minimum atomic E-state index is -0.272. The molecule has 7 heteroatoms. The fraction of sp³-hybridized carbons (Fsp3) is 0.609. The van der Waals surface area contributed by atoms with Crippen LogP contribution in [0.3, 0.4) is 0 Å². The molecule has 1 aliphatic carbocycles. The van der Waals surface area contributed by atoms with Crippen LogP contribution in [0.25, 0.3) is 0 Å². The highest BCUT2D eigenvalue weighted by Crippen LogP contribution is 2.32. The Morgan fingerprint density at radius 2 is 1.80 bits per heavy atom. The number of nitrogens with zero attached hydrogens (tertiary/aromatic N) is 1. The Morgan fingerprint density at radius 1 is 1.10 bits per heavy atom. The van der Waals surface area contributed by atoms with E-state index in [0.717, 1.165) is 24.8 Å². The number of benzene rings is 1. The number of piperidine rings is 1. The molecule has 6 nitrogen and oxygen atoms in total. The first-order valence-electron chi connectivity index (χ1n) is 10.8. The maximum absolute atomic E-state index is 13.6. The third kappa shape index (κ3) is 5.37. The highest BCUT2D eigenvalue weighted by molar-refractivity contribution is 5.82. The molecule has 1 aromatic rings. The monoisotopic (exact) mass is 418 g/mol. The molecule has 1 aromatic carbocycles. The minimum absolute atomic E-state index is 0.0495. The second-order valence-electron chi connectivity index (χ2n) is 8.48. The quantitative estimate of drug-likeness (QED) is 0.746. The SMILES string of the molecule is COC(=O)[C@H]1CCC[C@@H](C(=O)N2CCC(C(=O)NCc3ccc(C)c(F)c3)CC2)C1. The molecule has 1 saturated carbocycles. The van der Waals surface area contributed by atoms with Crippen LogP contribution in [0.4, 0.5) is 4.39 Å². The Kier molecular flexibility index (Phi) is 7.45. The number of halogens is 1. The first kappa shape index (κ1) is 22.2. The number of likely N-dealkylation sites (tertiary alicyclic amines) is 1. The van der Waals surface area contributed by atoms with Crippen molar-refractivity contribution in [2.75, 3.05) is 20.2 Å². The molecule has 0 unspecified atom stereocenters. The van der Waals surface area contributed by atoms with Crippen molar-refractivity contribution < 1.29 is 23.5 Å². The van der Waals surface area contributed by atoms with E-state index in [1.165, 1.54) is 13.2 Å². The topological polar surface area (TPSA) is 75.7 Å². The number of esters is 1. The maximum atomic E-state index is 13.6. The van der Waals surface area contributed by atoms with Gasteiger partial charge < -0.3 is 15.0 Å². The van der Waals surface area contributed by atoms with E-state index in [1.807, 2.05) is 11.0 Å². The van der Waals surface area contributed by atoms with Crippen LogP contribution in [0.15, 0.2) is 18.2 Å². The third-order valence-corrected chi connectivity index (χ3v) is 6.44. The molecule has 0 bridgehead atoms. The molecule has 0 radical (unpaired) electrons. The van der Waals surface area contributed by atoms with E-state index < -0.39 is 0 Å². The summed E-state index contributed by atoms with van der Waals surface area (Å²) in [4.78, 5) is 39.0. The minimum Gasteiger partial charge on any atom is -0.469 e. The predicted octanol–water partition coefficient (Wildman–Crippen LogP) is 2.97. The van der Waals surface area contributed by atoms with Crippen LogP contribution in [-0.2, 0) is 25.7 Å². The predicted molar refractivity (Wildman–Crippen MR) is 110 cm³/mol. The van der Waals surface area contributed by atoms with Crippen molar-refractivity contribution in [3.8, 4) is 0 Å². The largest absolute Gasteiger partial charge is 0.469 e. The number of aryl methyl sites for hydroxylation is 1. The van der Waals surface area contributed by atoms with Crippen LogP contribution in [0, 0.1) is 30.5 Å². The fourth-order valence-corrected chi connectivity index (χ4v) is 4.49. The Morgan fingerprint density at radius 3 is 2.47 bits per heavy atom. The Bertz CT molecular complexity index is 789. The van der Waals surface area contributed by atoms with Gasteiger partial charge >= 0.3 is 5.97 Å². The van der Waals surface area contributed by atoms with Crippen LogP contribution in [0.2, 0.25) is 0 Å². The number of carbonyl (C=O) groups excluding carboxylic acids is 3. The fourth-order valence-electron chi connectivity index (χ4n) is 4.49. The van der Waals surface area contributed by atoms with E-state index in [9.17, 15) is 18.8 Å². The van der Waals surface area contributed by atoms with Crippen molar-refractivity contribution in [2.45, 2.75) is 52.0 Å². The molecule has 2 aliphatic rings. The lowest BCUT2D eigenvalue weighted by Crippen LogP contribution is -2.46. The average Bonchev–Trinajstić information content (AvgIpc) is 2.78. The molecule has 1 aliphatic heterocycles. The second-order valence-corrected chi connectivity index (χ2v) is 8.48. The number of carbonyl (C=O) groups is 3. The Labute approximate surface area is 177 Å². The van der Waals surface area contributed by atoms with Gasteiger partial charge in [0.25, 0.3) is 0 Å². The van der Waals surface area contributed by atoms with Crippen LogP contribution in [0.5, 0.6) is 0 Å². The lowest BCUT2D eigenvalue weighted by atomic mass is 9.80. The van der Waals surface area contributed by atoms with E-state index in [-0.39, 0.29) is 41.4 Å². The summed E-state index contributed by atoms with van der Waals surface area (Å²) in [7, 11) is 1.39. The summed E-state index contributed by atoms with van der Waals surface area (Å²) in [5.41, 5.74) is 1.31. The summed E-state index contributed by atoms with van der Waals surface area (Å²) in [6.07, 6.45) is 4.23. The van der Waals surface area contributed by atoms with Gasteiger partial charge in [-0.25, -0.2) is 4.39 Å². The Hall–Kier alpha value is -2.44. The first-order chi connectivity index (χ1) is 14.4. The molecule has 0 aromatic heterocycles. The lowest BCUT2D eigenvalue weighted by molar-refractivity contribution is -0.149. The zero-order valence-electron chi connectivity index (χ0n) is 17.8.